The molecule has 0 saturated heterocycles. The molecule has 1 N–H and O–H groups in total. The molecule has 0 aliphatic carbocycles. The first-order valence-electron chi connectivity index (χ1n) is 8.42. The summed E-state index contributed by atoms with van der Waals surface area (Å²) >= 11 is 5.56. The average molecular weight is 388 g/mol. The van der Waals surface area contributed by atoms with Gasteiger partial charge in [-0.2, -0.15) is 0 Å². The first-order valence-corrected chi connectivity index (χ1v) is 10.9. The van der Waals surface area contributed by atoms with E-state index in [1.54, 1.807) is 0 Å². The Bertz CT molecular complexity index is 1360. The normalized spacial score (nSPS) is 11.8. The molecule has 2 aromatic carbocycles. The van der Waals surface area contributed by atoms with E-state index in [-0.39, 0.29) is 0 Å². The van der Waals surface area contributed by atoms with Crippen LogP contribution in [0.15, 0.2) is 72.2 Å². The number of benzene rings is 2. The lowest BCUT2D eigenvalue weighted by molar-refractivity contribution is 1.48. The molecule has 0 aliphatic rings. The maximum Gasteiger partial charge on any atom is 0.0460 e. The lowest BCUT2D eigenvalue weighted by Gasteiger charge is -1.97. The van der Waals surface area contributed by atoms with E-state index in [0.29, 0.717) is 0 Å². The average Bonchev–Trinajstić information content (AvgIpc) is 3.41. The van der Waals surface area contributed by atoms with Crippen LogP contribution in [-0.4, -0.2) is 4.98 Å². The van der Waals surface area contributed by atoms with Crippen molar-refractivity contribution < 1.29 is 0 Å². The van der Waals surface area contributed by atoms with Gasteiger partial charge in [0.1, 0.15) is 0 Å². The van der Waals surface area contributed by atoms with Gasteiger partial charge >= 0.3 is 0 Å². The molecule has 6 rings (SSSR count). The number of nitrogens with one attached hydrogen (secondary N) is 1. The van der Waals surface area contributed by atoms with Crippen LogP contribution in [-0.2, 0) is 0 Å². The van der Waals surface area contributed by atoms with Crippen molar-refractivity contribution in [1.82, 2.24) is 4.98 Å². The van der Waals surface area contributed by atoms with Gasteiger partial charge in [-0.3, -0.25) is 0 Å². The van der Waals surface area contributed by atoms with Gasteiger partial charge < -0.3 is 4.98 Å². The summed E-state index contributed by atoms with van der Waals surface area (Å²) in [5, 5.41) is 4.75. The standard InChI is InChI=1S/C22H13NS3/c1-2-15(10-17-13(1)5-7-23-17)20-11-16-9-14(3-4-18(16)25-20)21-12-22-19(26-21)6-8-24-22/h1-12,23H. The molecule has 26 heavy (non-hydrogen) atoms. The predicted octanol–water partition coefficient (Wildman–Crippen LogP) is 7.99. The highest BCUT2D eigenvalue weighted by Gasteiger charge is 2.09. The van der Waals surface area contributed by atoms with E-state index in [9.17, 15) is 0 Å². The van der Waals surface area contributed by atoms with Crippen LogP contribution in [0.1, 0.15) is 0 Å². The van der Waals surface area contributed by atoms with E-state index >= 15 is 0 Å². The zero-order chi connectivity index (χ0) is 17.1. The van der Waals surface area contributed by atoms with Crippen LogP contribution in [0.25, 0.3) is 51.3 Å². The van der Waals surface area contributed by atoms with Gasteiger partial charge in [0.15, 0.2) is 0 Å². The summed E-state index contributed by atoms with van der Waals surface area (Å²) in [5.74, 6) is 0. The molecule has 1 nitrogen and oxygen atoms in total. The quantitative estimate of drug-likeness (QED) is 0.310. The number of aromatic nitrogens is 1. The van der Waals surface area contributed by atoms with Crippen LogP contribution in [0.4, 0.5) is 0 Å². The van der Waals surface area contributed by atoms with Crippen LogP contribution in [0.3, 0.4) is 0 Å². The minimum atomic E-state index is 1.19. The molecule has 124 valence electrons. The van der Waals surface area contributed by atoms with E-state index < -0.39 is 0 Å². The topological polar surface area (TPSA) is 15.8 Å². The summed E-state index contributed by atoms with van der Waals surface area (Å²) in [6.07, 6.45) is 2.00. The number of thiophene rings is 3. The Morgan fingerprint density at radius 1 is 0.615 bits per heavy atom. The lowest BCUT2D eigenvalue weighted by atomic mass is 10.1. The molecule has 4 aromatic heterocycles. The molecule has 0 spiro atoms. The Kier molecular flexibility index (Phi) is 3.14. The SMILES string of the molecule is c1cc2ccc(-c3cc4cc(-c5cc6sccc6s5)ccc4s3)cc2[nH]1. The number of hydrogen-bond donors (Lipinski definition) is 1. The highest BCUT2D eigenvalue weighted by Crippen LogP contribution is 2.40. The molecule has 0 unspecified atom stereocenters. The van der Waals surface area contributed by atoms with Crippen molar-refractivity contribution in [1.29, 1.82) is 0 Å². The summed E-state index contributed by atoms with van der Waals surface area (Å²) in [6.45, 7) is 0. The smallest absolute Gasteiger partial charge is 0.0460 e. The molecule has 0 radical (unpaired) electrons. The van der Waals surface area contributed by atoms with Gasteiger partial charge in [0.25, 0.3) is 0 Å². The van der Waals surface area contributed by atoms with Crippen LogP contribution < -0.4 is 0 Å². The van der Waals surface area contributed by atoms with Gasteiger partial charge in [-0.05, 0) is 69.7 Å². The Labute approximate surface area is 162 Å². The van der Waals surface area contributed by atoms with Gasteiger partial charge in [0.05, 0.1) is 0 Å². The number of rotatable bonds is 2. The van der Waals surface area contributed by atoms with Crippen molar-refractivity contribution in [2.75, 3.05) is 0 Å². The first kappa shape index (κ1) is 14.7. The van der Waals surface area contributed by atoms with Crippen molar-refractivity contribution in [3.05, 3.63) is 72.2 Å². The third-order valence-corrected chi connectivity index (χ3v) is 8.09. The van der Waals surface area contributed by atoms with Crippen LogP contribution in [0.5, 0.6) is 0 Å². The molecular formula is C22H13NS3. The van der Waals surface area contributed by atoms with E-state index in [1.807, 2.05) is 40.2 Å². The fourth-order valence-electron chi connectivity index (χ4n) is 3.45. The van der Waals surface area contributed by atoms with Crippen LogP contribution in [0, 0.1) is 0 Å². The molecule has 0 amide bonds. The van der Waals surface area contributed by atoms with Gasteiger partial charge in [0.2, 0.25) is 0 Å². The molecule has 6 aromatic rings. The molecular weight excluding hydrogens is 374 g/mol. The highest BCUT2D eigenvalue weighted by atomic mass is 32.1. The molecule has 0 aliphatic heterocycles. The fourth-order valence-corrected chi connectivity index (χ4v) is 6.59. The van der Waals surface area contributed by atoms with E-state index in [2.05, 4.69) is 71.0 Å². The Hall–Kier alpha value is -2.40. The zero-order valence-electron chi connectivity index (χ0n) is 13.7. The van der Waals surface area contributed by atoms with E-state index in [4.69, 9.17) is 0 Å². The molecule has 0 saturated carbocycles. The summed E-state index contributed by atoms with van der Waals surface area (Å²) in [4.78, 5) is 5.99. The fraction of sp³-hybridized carbons (Fsp3) is 0. The van der Waals surface area contributed by atoms with Gasteiger partial charge in [-0.15, -0.1) is 34.0 Å². The maximum absolute atomic E-state index is 3.31. The molecule has 0 atom stereocenters. The summed E-state index contributed by atoms with van der Waals surface area (Å²) in [6, 6.07) is 22.5. The monoisotopic (exact) mass is 387 g/mol. The number of hydrogen-bond acceptors (Lipinski definition) is 3. The Balaban J connectivity index is 1.46. The number of fused-ring (bicyclic) bond motifs is 3. The molecule has 4 heterocycles. The third-order valence-electron chi connectivity index (χ3n) is 4.78. The third kappa shape index (κ3) is 2.27. The Morgan fingerprint density at radius 3 is 2.42 bits per heavy atom. The first-order chi connectivity index (χ1) is 12.8. The minimum Gasteiger partial charge on any atom is -0.361 e. The summed E-state index contributed by atoms with van der Waals surface area (Å²) < 4.78 is 4.11. The van der Waals surface area contributed by atoms with Crippen molar-refractivity contribution >= 4 is 64.4 Å². The van der Waals surface area contributed by atoms with Crippen molar-refractivity contribution in [3.63, 3.8) is 0 Å². The van der Waals surface area contributed by atoms with Crippen molar-refractivity contribution in [2.45, 2.75) is 0 Å². The van der Waals surface area contributed by atoms with E-state index in [0.717, 1.165) is 0 Å². The second-order valence-corrected chi connectivity index (χ2v) is 9.52. The number of H-pyrrole nitrogens is 1. The largest absolute Gasteiger partial charge is 0.361 e. The molecule has 0 bridgehead atoms. The Morgan fingerprint density at radius 2 is 1.46 bits per heavy atom. The molecule has 0 fully saturated rings. The highest BCUT2D eigenvalue weighted by molar-refractivity contribution is 7.28. The van der Waals surface area contributed by atoms with Gasteiger partial charge in [-0.1, -0.05) is 18.2 Å². The molecule has 4 heteroatoms. The van der Waals surface area contributed by atoms with E-state index in [1.165, 1.54) is 51.3 Å². The van der Waals surface area contributed by atoms with Crippen molar-refractivity contribution in [2.24, 2.45) is 0 Å². The summed E-state index contributed by atoms with van der Waals surface area (Å²) in [5.41, 5.74) is 3.79. The van der Waals surface area contributed by atoms with Crippen LogP contribution >= 0.6 is 34.0 Å². The second kappa shape index (κ2) is 5.55. The number of aromatic amines is 1. The summed E-state index contributed by atoms with van der Waals surface area (Å²) in [7, 11) is 0. The second-order valence-electron chi connectivity index (χ2n) is 6.40. The van der Waals surface area contributed by atoms with Gasteiger partial charge in [0, 0.05) is 35.6 Å². The van der Waals surface area contributed by atoms with Crippen LogP contribution in [0.2, 0.25) is 0 Å². The zero-order valence-corrected chi connectivity index (χ0v) is 16.1. The predicted molar refractivity (Wildman–Crippen MR) is 118 cm³/mol. The lowest BCUT2D eigenvalue weighted by Crippen LogP contribution is -1.73. The van der Waals surface area contributed by atoms with Gasteiger partial charge in [-0.25, -0.2) is 0 Å². The minimum absolute atomic E-state index is 1.19. The van der Waals surface area contributed by atoms with Crippen molar-refractivity contribution in [3.8, 4) is 20.9 Å². The maximum atomic E-state index is 3.31.